The van der Waals surface area contributed by atoms with E-state index in [1.54, 1.807) is 14.0 Å². The molecule has 0 radical (unpaired) electrons. The molecule has 6 nitrogen and oxygen atoms in total. The van der Waals surface area contributed by atoms with Crippen LogP contribution >= 0.6 is 0 Å². The summed E-state index contributed by atoms with van der Waals surface area (Å²) in [6, 6.07) is 0. The summed E-state index contributed by atoms with van der Waals surface area (Å²) in [6.45, 7) is 3.77. The van der Waals surface area contributed by atoms with Crippen LogP contribution in [0.3, 0.4) is 0 Å². The fourth-order valence-corrected chi connectivity index (χ4v) is 1.27. The third-order valence-electron chi connectivity index (χ3n) is 2.12. The SMILES string of the molecule is CNc1nc(C)nc(NCC(=O)OC)c1C. The topological polar surface area (TPSA) is 76.1 Å². The molecule has 0 aliphatic heterocycles. The molecular weight excluding hydrogens is 208 g/mol. The molecule has 0 saturated heterocycles. The van der Waals surface area contributed by atoms with Crippen molar-refractivity contribution in [3.05, 3.63) is 11.4 Å². The zero-order valence-electron chi connectivity index (χ0n) is 9.92. The minimum Gasteiger partial charge on any atom is -0.468 e. The Hall–Kier alpha value is -1.85. The van der Waals surface area contributed by atoms with Gasteiger partial charge in [-0.3, -0.25) is 4.79 Å². The van der Waals surface area contributed by atoms with Crippen molar-refractivity contribution < 1.29 is 9.53 Å². The number of aryl methyl sites for hydroxylation is 1. The number of nitrogens with zero attached hydrogens (tertiary/aromatic N) is 2. The molecule has 0 spiro atoms. The summed E-state index contributed by atoms with van der Waals surface area (Å²) in [7, 11) is 3.14. The van der Waals surface area contributed by atoms with E-state index in [2.05, 4.69) is 25.3 Å². The molecule has 2 N–H and O–H groups in total. The van der Waals surface area contributed by atoms with Gasteiger partial charge in [-0.2, -0.15) is 0 Å². The Morgan fingerprint density at radius 1 is 1.31 bits per heavy atom. The summed E-state index contributed by atoms with van der Waals surface area (Å²) in [5.41, 5.74) is 0.872. The van der Waals surface area contributed by atoms with Gasteiger partial charge in [0.2, 0.25) is 0 Å². The fraction of sp³-hybridized carbons (Fsp3) is 0.500. The van der Waals surface area contributed by atoms with Gasteiger partial charge in [0.1, 0.15) is 24.0 Å². The first-order chi connectivity index (χ1) is 7.58. The summed E-state index contributed by atoms with van der Waals surface area (Å²) in [6.07, 6.45) is 0. The van der Waals surface area contributed by atoms with Crippen molar-refractivity contribution in [1.29, 1.82) is 0 Å². The number of hydrogen-bond acceptors (Lipinski definition) is 6. The smallest absolute Gasteiger partial charge is 0.325 e. The molecule has 88 valence electrons. The van der Waals surface area contributed by atoms with Gasteiger partial charge in [0.15, 0.2) is 0 Å². The maximum Gasteiger partial charge on any atom is 0.325 e. The zero-order valence-corrected chi connectivity index (χ0v) is 9.92. The molecule has 0 saturated carbocycles. The van der Waals surface area contributed by atoms with Crippen LogP contribution in [0.15, 0.2) is 0 Å². The first-order valence-corrected chi connectivity index (χ1v) is 4.92. The van der Waals surface area contributed by atoms with E-state index in [4.69, 9.17) is 0 Å². The van der Waals surface area contributed by atoms with Crippen LogP contribution in [0.2, 0.25) is 0 Å². The lowest BCUT2D eigenvalue weighted by Crippen LogP contribution is -2.17. The maximum atomic E-state index is 11.0. The molecule has 0 fully saturated rings. The molecule has 16 heavy (non-hydrogen) atoms. The minimum absolute atomic E-state index is 0.0942. The average molecular weight is 224 g/mol. The third kappa shape index (κ3) is 2.82. The number of anilines is 2. The summed E-state index contributed by atoms with van der Waals surface area (Å²) >= 11 is 0. The van der Waals surface area contributed by atoms with Crippen LogP contribution in [0, 0.1) is 13.8 Å². The van der Waals surface area contributed by atoms with Crippen molar-refractivity contribution in [1.82, 2.24) is 9.97 Å². The second-order valence-electron chi connectivity index (χ2n) is 3.27. The molecule has 0 unspecified atom stereocenters. The maximum absolute atomic E-state index is 11.0. The first kappa shape index (κ1) is 12.2. The van der Waals surface area contributed by atoms with Gasteiger partial charge in [-0.25, -0.2) is 9.97 Å². The Morgan fingerprint density at radius 2 is 1.94 bits per heavy atom. The molecule has 1 aromatic rings. The van der Waals surface area contributed by atoms with Crippen molar-refractivity contribution >= 4 is 17.6 Å². The predicted molar refractivity (Wildman–Crippen MR) is 61.6 cm³/mol. The van der Waals surface area contributed by atoms with Gasteiger partial charge in [-0.15, -0.1) is 0 Å². The Balaban J connectivity index is 2.87. The normalized spacial score (nSPS) is 9.75. The van der Waals surface area contributed by atoms with E-state index in [1.165, 1.54) is 7.11 Å². The second kappa shape index (κ2) is 5.29. The molecule has 6 heteroatoms. The molecule has 1 heterocycles. The van der Waals surface area contributed by atoms with E-state index in [0.717, 1.165) is 11.4 Å². The van der Waals surface area contributed by atoms with E-state index >= 15 is 0 Å². The van der Waals surface area contributed by atoms with Crippen LogP contribution in [-0.4, -0.2) is 36.6 Å². The number of esters is 1. The minimum atomic E-state index is -0.332. The van der Waals surface area contributed by atoms with Crippen molar-refractivity contribution in [3.8, 4) is 0 Å². The van der Waals surface area contributed by atoms with E-state index < -0.39 is 0 Å². The third-order valence-corrected chi connectivity index (χ3v) is 2.12. The lowest BCUT2D eigenvalue weighted by atomic mass is 10.3. The van der Waals surface area contributed by atoms with Crippen molar-refractivity contribution in [2.75, 3.05) is 31.3 Å². The van der Waals surface area contributed by atoms with Gasteiger partial charge in [0.05, 0.1) is 7.11 Å². The highest BCUT2D eigenvalue weighted by molar-refractivity contribution is 5.75. The number of hydrogen-bond donors (Lipinski definition) is 2. The standard InChI is InChI=1S/C10H16N4O2/c1-6-9(11-3)13-7(2)14-10(6)12-5-8(15)16-4/h5H2,1-4H3,(H2,11,12,13,14). The number of aromatic nitrogens is 2. The lowest BCUT2D eigenvalue weighted by molar-refractivity contribution is -0.138. The largest absolute Gasteiger partial charge is 0.468 e. The zero-order chi connectivity index (χ0) is 12.1. The Kier molecular flexibility index (Phi) is 4.04. The van der Waals surface area contributed by atoms with Crippen molar-refractivity contribution in [2.45, 2.75) is 13.8 Å². The number of methoxy groups -OCH3 is 1. The fourth-order valence-electron chi connectivity index (χ4n) is 1.27. The van der Waals surface area contributed by atoms with Gasteiger partial charge >= 0.3 is 5.97 Å². The molecule has 0 aliphatic carbocycles. The van der Waals surface area contributed by atoms with E-state index in [-0.39, 0.29) is 12.5 Å². The Morgan fingerprint density at radius 3 is 2.50 bits per heavy atom. The van der Waals surface area contributed by atoms with Crippen molar-refractivity contribution in [2.24, 2.45) is 0 Å². The monoisotopic (exact) mass is 224 g/mol. The van der Waals surface area contributed by atoms with E-state index in [9.17, 15) is 4.79 Å². The van der Waals surface area contributed by atoms with Crippen LogP contribution < -0.4 is 10.6 Å². The van der Waals surface area contributed by atoms with Crippen molar-refractivity contribution in [3.63, 3.8) is 0 Å². The van der Waals surface area contributed by atoms with Gasteiger partial charge in [-0.1, -0.05) is 0 Å². The molecule has 1 aromatic heterocycles. The van der Waals surface area contributed by atoms with Crippen LogP contribution in [0.1, 0.15) is 11.4 Å². The molecule has 0 atom stereocenters. The molecular formula is C10H16N4O2. The summed E-state index contributed by atoms with van der Waals surface area (Å²) in [4.78, 5) is 19.4. The summed E-state index contributed by atoms with van der Waals surface area (Å²) < 4.78 is 4.54. The van der Waals surface area contributed by atoms with Gasteiger partial charge in [-0.05, 0) is 13.8 Å². The van der Waals surface area contributed by atoms with Crippen LogP contribution in [0.4, 0.5) is 11.6 Å². The summed E-state index contributed by atoms with van der Waals surface area (Å²) in [5, 5.41) is 5.88. The quantitative estimate of drug-likeness (QED) is 0.734. The highest BCUT2D eigenvalue weighted by atomic mass is 16.5. The van der Waals surface area contributed by atoms with Crippen LogP contribution in [0.5, 0.6) is 0 Å². The lowest BCUT2D eigenvalue weighted by Gasteiger charge is -2.11. The van der Waals surface area contributed by atoms with Crippen LogP contribution in [-0.2, 0) is 9.53 Å². The highest BCUT2D eigenvalue weighted by Crippen LogP contribution is 2.18. The van der Waals surface area contributed by atoms with E-state index in [1.807, 2.05) is 6.92 Å². The summed E-state index contributed by atoms with van der Waals surface area (Å²) in [5.74, 6) is 1.70. The predicted octanol–water partition coefficient (Wildman–Crippen LogP) is 0.720. The number of rotatable bonds is 4. The molecule has 0 amide bonds. The van der Waals surface area contributed by atoms with Gasteiger partial charge in [0, 0.05) is 12.6 Å². The van der Waals surface area contributed by atoms with E-state index in [0.29, 0.717) is 11.6 Å². The second-order valence-corrected chi connectivity index (χ2v) is 3.27. The average Bonchev–Trinajstić information content (AvgIpc) is 2.29. The number of ether oxygens (including phenoxy) is 1. The number of carbonyl (C=O) groups is 1. The number of nitrogens with one attached hydrogen (secondary N) is 2. The number of carbonyl (C=O) groups excluding carboxylic acids is 1. The Labute approximate surface area is 94.4 Å². The first-order valence-electron chi connectivity index (χ1n) is 4.92. The molecule has 0 aromatic carbocycles. The van der Waals surface area contributed by atoms with Crippen LogP contribution in [0.25, 0.3) is 0 Å². The molecule has 0 bridgehead atoms. The molecule has 1 rings (SSSR count). The Bertz CT molecular complexity index is 393. The van der Waals surface area contributed by atoms with Gasteiger partial charge in [0.25, 0.3) is 0 Å². The molecule has 0 aliphatic rings. The van der Waals surface area contributed by atoms with Gasteiger partial charge < -0.3 is 15.4 Å². The highest BCUT2D eigenvalue weighted by Gasteiger charge is 2.09.